The topological polar surface area (TPSA) is 125 Å². The van der Waals surface area contributed by atoms with Crippen LogP contribution in [0.25, 0.3) is 0 Å². The molecule has 3 atom stereocenters. The standard InChI is InChI=1S/C21H25N3O7S/c1-12-10-23-17(26)15(18(23)32-16(12)19(27)28)24(22-20(29)31-21(2,3)4)14(25)11-30-13-8-6-5-7-9-13/h5-10,15-16,18H,11H2,1-4H3,(H,22,29)(H,27,28)/t15?,16?,18-/m1/s1. The highest BCUT2D eigenvalue weighted by atomic mass is 32.2. The van der Waals surface area contributed by atoms with Crippen molar-refractivity contribution in [3.8, 4) is 5.75 Å². The van der Waals surface area contributed by atoms with Crippen molar-refractivity contribution in [1.29, 1.82) is 0 Å². The zero-order valence-electron chi connectivity index (χ0n) is 18.1. The molecule has 2 N–H and O–H groups in total. The number of aliphatic carboxylic acids is 1. The third-order valence-corrected chi connectivity index (χ3v) is 6.18. The molecule has 0 aliphatic carbocycles. The number of amides is 3. The molecule has 32 heavy (non-hydrogen) atoms. The Bertz CT molecular complexity index is 944. The molecule has 0 radical (unpaired) electrons. The van der Waals surface area contributed by atoms with E-state index in [1.54, 1.807) is 58.0 Å². The number of thioether (sulfide) groups is 1. The fraction of sp³-hybridized carbons (Fsp3) is 0.429. The number of para-hydroxylation sites is 1. The van der Waals surface area contributed by atoms with Crippen LogP contribution >= 0.6 is 11.8 Å². The van der Waals surface area contributed by atoms with Crippen molar-refractivity contribution in [3.63, 3.8) is 0 Å². The van der Waals surface area contributed by atoms with Crippen molar-refractivity contribution in [2.75, 3.05) is 6.61 Å². The number of carboxylic acids is 1. The van der Waals surface area contributed by atoms with Gasteiger partial charge in [0.25, 0.3) is 11.8 Å². The first kappa shape index (κ1) is 23.5. The van der Waals surface area contributed by atoms with E-state index in [1.165, 1.54) is 11.1 Å². The summed E-state index contributed by atoms with van der Waals surface area (Å²) in [5.74, 6) is -1.74. The van der Waals surface area contributed by atoms with Crippen molar-refractivity contribution in [1.82, 2.24) is 15.3 Å². The van der Waals surface area contributed by atoms with Crippen molar-refractivity contribution < 1.29 is 33.8 Å². The van der Waals surface area contributed by atoms with Crippen LogP contribution in [0.5, 0.6) is 5.75 Å². The van der Waals surface area contributed by atoms with E-state index in [-0.39, 0.29) is 0 Å². The third-order valence-electron chi connectivity index (χ3n) is 4.57. The quantitative estimate of drug-likeness (QED) is 0.502. The summed E-state index contributed by atoms with van der Waals surface area (Å²) in [5.41, 5.74) is 2.02. The van der Waals surface area contributed by atoms with E-state index in [4.69, 9.17) is 9.47 Å². The molecule has 2 aliphatic heterocycles. The summed E-state index contributed by atoms with van der Waals surface area (Å²) < 4.78 is 10.7. The smallest absolute Gasteiger partial charge is 0.426 e. The molecule has 0 saturated carbocycles. The Labute approximate surface area is 189 Å². The highest BCUT2D eigenvalue weighted by Gasteiger charge is 2.56. The maximum absolute atomic E-state index is 13.0. The lowest BCUT2D eigenvalue weighted by Crippen LogP contribution is -2.73. The molecule has 2 aliphatic rings. The number of benzene rings is 1. The van der Waals surface area contributed by atoms with Crippen LogP contribution in [0.3, 0.4) is 0 Å². The summed E-state index contributed by atoms with van der Waals surface area (Å²) >= 11 is 1.02. The van der Waals surface area contributed by atoms with Gasteiger partial charge in [0.1, 0.15) is 22.0 Å². The SMILES string of the molecule is CC1=CN2C(=O)C(N(NC(=O)OC(C)(C)C)C(=O)COc3ccccc3)[C@H]2SC1C(=O)O. The Kier molecular flexibility index (Phi) is 6.68. The van der Waals surface area contributed by atoms with Gasteiger partial charge >= 0.3 is 12.1 Å². The molecule has 0 spiro atoms. The molecule has 0 bridgehead atoms. The van der Waals surface area contributed by atoms with Crippen LogP contribution in [0.2, 0.25) is 0 Å². The maximum atomic E-state index is 13.0. The average Bonchev–Trinajstić information content (AvgIpc) is 2.71. The zero-order valence-corrected chi connectivity index (χ0v) is 18.9. The number of carboxylic acid groups (broad SMARTS) is 1. The number of β-lactam (4-membered cyclic amide) rings is 1. The number of fused-ring (bicyclic) bond motifs is 1. The summed E-state index contributed by atoms with van der Waals surface area (Å²) in [5, 5.41) is 8.79. The molecular weight excluding hydrogens is 438 g/mol. The molecular formula is C21H25N3O7S. The highest BCUT2D eigenvalue weighted by molar-refractivity contribution is 8.01. The molecule has 172 valence electrons. The number of rotatable bonds is 5. The van der Waals surface area contributed by atoms with Gasteiger partial charge in [-0.05, 0) is 45.4 Å². The molecule has 0 aromatic heterocycles. The second kappa shape index (κ2) is 9.11. The third kappa shape index (κ3) is 5.16. The molecule has 3 rings (SSSR count). The minimum atomic E-state index is -1.11. The molecule has 2 heterocycles. The van der Waals surface area contributed by atoms with Gasteiger partial charge in [0.15, 0.2) is 12.6 Å². The van der Waals surface area contributed by atoms with Crippen molar-refractivity contribution in [2.45, 2.75) is 50.0 Å². The molecule has 10 nitrogen and oxygen atoms in total. The summed E-state index contributed by atoms with van der Waals surface area (Å²) in [4.78, 5) is 51.1. The fourth-order valence-electron chi connectivity index (χ4n) is 3.19. The molecule has 1 fully saturated rings. The number of hydrogen-bond donors (Lipinski definition) is 2. The Morgan fingerprint density at radius 3 is 2.47 bits per heavy atom. The van der Waals surface area contributed by atoms with Crippen molar-refractivity contribution in [3.05, 3.63) is 42.1 Å². The van der Waals surface area contributed by atoms with E-state index >= 15 is 0 Å². The van der Waals surface area contributed by atoms with Crippen LogP contribution in [0, 0.1) is 0 Å². The summed E-state index contributed by atoms with van der Waals surface area (Å²) in [6, 6.07) is 7.49. The first-order chi connectivity index (χ1) is 15.0. The van der Waals surface area contributed by atoms with Gasteiger partial charge in [0, 0.05) is 6.20 Å². The van der Waals surface area contributed by atoms with Gasteiger partial charge in [-0.3, -0.25) is 14.4 Å². The molecule has 11 heteroatoms. The van der Waals surface area contributed by atoms with Crippen LogP contribution in [0.4, 0.5) is 4.79 Å². The number of nitrogens with zero attached hydrogens (tertiary/aromatic N) is 2. The van der Waals surface area contributed by atoms with Crippen LogP contribution in [-0.4, -0.2) is 67.8 Å². The predicted molar refractivity (Wildman–Crippen MR) is 115 cm³/mol. The number of carbonyl (C=O) groups excluding carboxylic acids is 3. The lowest BCUT2D eigenvalue weighted by Gasteiger charge is -2.51. The van der Waals surface area contributed by atoms with Gasteiger partial charge < -0.3 is 19.5 Å². The van der Waals surface area contributed by atoms with Crippen LogP contribution in [0.1, 0.15) is 27.7 Å². The van der Waals surface area contributed by atoms with E-state index in [9.17, 15) is 24.3 Å². The van der Waals surface area contributed by atoms with Gasteiger partial charge in [-0.2, -0.15) is 0 Å². The lowest BCUT2D eigenvalue weighted by molar-refractivity contribution is -0.160. The number of hydrogen-bond acceptors (Lipinski definition) is 7. The van der Waals surface area contributed by atoms with Gasteiger partial charge in [0.2, 0.25) is 0 Å². The van der Waals surface area contributed by atoms with Gasteiger partial charge in [0.05, 0.1) is 0 Å². The summed E-state index contributed by atoms with van der Waals surface area (Å²) in [6.45, 7) is 6.16. The zero-order chi connectivity index (χ0) is 23.6. The first-order valence-corrected chi connectivity index (χ1v) is 10.8. The highest BCUT2D eigenvalue weighted by Crippen LogP contribution is 2.42. The van der Waals surface area contributed by atoms with Crippen molar-refractivity contribution >= 4 is 35.6 Å². The van der Waals surface area contributed by atoms with E-state index < -0.39 is 52.8 Å². The van der Waals surface area contributed by atoms with E-state index in [0.29, 0.717) is 11.3 Å². The maximum Gasteiger partial charge on any atom is 0.426 e. The Hall–Kier alpha value is -3.21. The molecule has 1 aromatic rings. The van der Waals surface area contributed by atoms with Crippen LogP contribution in [-0.2, 0) is 19.1 Å². The molecule has 1 saturated heterocycles. The van der Waals surface area contributed by atoms with E-state index in [0.717, 1.165) is 16.8 Å². The summed E-state index contributed by atoms with van der Waals surface area (Å²) in [6.07, 6.45) is 0.550. The number of nitrogens with one attached hydrogen (secondary N) is 1. The fourth-order valence-corrected chi connectivity index (χ4v) is 4.54. The van der Waals surface area contributed by atoms with Gasteiger partial charge in [-0.15, -0.1) is 11.8 Å². The second-order valence-electron chi connectivity index (χ2n) is 8.29. The van der Waals surface area contributed by atoms with Crippen molar-refractivity contribution in [2.24, 2.45) is 0 Å². The predicted octanol–water partition coefficient (Wildman–Crippen LogP) is 1.97. The Balaban J connectivity index is 1.80. The molecule has 3 amide bonds. The van der Waals surface area contributed by atoms with Gasteiger partial charge in [-0.1, -0.05) is 18.2 Å². The minimum absolute atomic E-state index is 0.441. The largest absolute Gasteiger partial charge is 0.484 e. The monoisotopic (exact) mass is 463 g/mol. The Morgan fingerprint density at radius 1 is 1.22 bits per heavy atom. The minimum Gasteiger partial charge on any atom is -0.484 e. The van der Waals surface area contributed by atoms with Crippen LogP contribution in [0.15, 0.2) is 42.1 Å². The van der Waals surface area contributed by atoms with Crippen LogP contribution < -0.4 is 10.2 Å². The molecule has 2 unspecified atom stereocenters. The lowest BCUT2D eigenvalue weighted by atomic mass is 10.1. The van der Waals surface area contributed by atoms with Gasteiger partial charge in [-0.25, -0.2) is 15.2 Å². The van der Waals surface area contributed by atoms with E-state index in [1.807, 2.05) is 0 Å². The Morgan fingerprint density at radius 2 is 1.88 bits per heavy atom. The number of carbonyl (C=O) groups is 4. The molecule has 1 aromatic carbocycles. The number of hydrazine groups is 1. The normalized spacial score (nSPS) is 22.1. The number of ether oxygens (including phenoxy) is 2. The first-order valence-electron chi connectivity index (χ1n) is 9.86. The second-order valence-corrected chi connectivity index (χ2v) is 9.51. The average molecular weight is 464 g/mol. The summed E-state index contributed by atoms with van der Waals surface area (Å²) in [7, 11) is 0. The van der Waals surface area contributed by atoms with E-state index in [2.05, 4.69) is 5.43 Å².